The highest BCUT2D eigenvalue weighted by Gasteiger charge is 2.18. The van der Waals surface area contributed by atoms with E-state index in [0.717, 1.165) is 0 Å². The van der Waals surface area contributed by atoms with Gasteiger partial charge >= 0.3 is 5.97 Å². The standard InChI is InChI=1S/C11H15NO4/c1-16-9-4-2-8(3-5-9)10(11(14)15)12-6-7-13/h2-5,10,12-13H,6-7H2,1H3,(H,14,15). The van der Waals surface area contributed by atoms with Gasteiger partial charge in [-0.2, -0.15) is 0 Å². The molecule has 1 atom stereocenters. The predicted molar refractivity (Wildman–Crippen MR) is 58.5 cm³/mol. The number of carboxylic acids is 1. The summed E-state index contributed by atoms with van der Waals surface area (Å²) in [6, 6.07) is 5.96. The molecule has 5 heteroatoms. The Kier molecular flexibility index (Phi) is 4.75. The number of methoxy groups -OCH3 is 1. The molecule has 0 aliphatic rings. The van der Waals surface area contributed by atoms with E-state index in [1.807, 2.05) is 0 Å². The van der Waals surface area contributed by atoms with Crippen LogP contribution in [0.1, 0.15) is 11.6 Å². The zero-order chi connectivity index (χ0) is 12.0. The maximum atomic E-state index is 11.0. The van der Waals surface area contributed by atoms with Crippen molar-refractivity contribution in [3.63, 3.8) is 0 Å². The van der Waals surface area contributed by atoms with Crippen molar-refractivity contribution < 1.29 is 19.7 Å². The van der Waals surface area contributed by atoms with Crippen LogP contribution in [0.5, 0.6) is 5.75 Å². The van der Waals surface area contributed by atoms with E-state index in [1.54, 1.807) is 31.4 Å². The van der Waals surface area contributed by atoms with Crippen LogP contribution in [0, 0.1) is 0 Å². The van der Waals surface area contributed by atoms with Gasteiger partial charge in [0.05, 0.1) is 13.7 Å². The lowest BCUT2D eigenvalue weighted by Gasteiger charge is -2.14. The molecule has 0 bridgehead atoms. The first-order chi connectivity index (χ1) is 7.69. The number of nitrogens with one attached hydrogen (secondary N) is 1. The van der Waals surface area contributed by atoms with Crippen molar-refractivity contribution in [2.45, 2.75) is 6.04 Å². The van der Waals surface area contributed by atoms with Crippen molar-refractivity contribution in [3.05, 3.63) is 29.8 Å². The second-order valence-corrected chi connectivity index (χ2v) is 3.22. The van der Waals surface area contributed by atoms with Crippen LogP contribution >= 0.6 is 0 Å². The van der Waals surface area contributed by atoms with Gasteiger partial charge in [-0.05, 0) is 17.7 Å². The fraction of sp³-hybridized carbons (Fsp3) is 0.364. The third kappa shape index (κ3) is 3.22. The number of carboxylic acid groups (broad SMARTS) is 1. The SMILES string of the molecule is COc1ccc(C(NCCO)C(=O)O)cc1. The molecule has 1 unspecified atom stereocenters. The molecule has 1 rings (SSSR count). The molecule has 0 spiro atoms. The van der Waals surface area contributed by atoms with Crippen LogP contribution in [0.2, 0.25) is 0 Å². The van der Waals surface area contributed by atoms with Gasteiger partial charge in [0, 0.05) is 6.54 Å². The Labute approximate surface area is 93.7 Å². The quantitative estimate of drug-likeness (QED) is 0.653. The fourth-order valence-electron chi connectivity index (χ4n) is 1.35. The predicted octanol–water partition coefficient (Wildman–Crippen LogP) is 0.403. The van der Waals surface area contributed by atoms with Gasteiger partial charge in [-0.15, -0.1) is 0 Å². The van der Waals surface area contributed by atoms with Crippen LogP contribution in [0.15, 0.2) is 24.3 Å². The van der Waals surface area contributed by atoms with Gasteiger partial charge in [0.25, 0.3) is 0 Å². The maximum absolute atomic E-state index is 11.0. The van der Waals surface area contributed by atoms with Crippen molar-refractivity contribution in [2.75, 3.05) is 20.3 Å². The highest BCUT2D eigenvalue weighted by atomic mass is 16.5. The van der Waals surface area contributed by atoms with Gasteiger partial charge in [0.15, 0.2) is 0 Å². The first kappa shape index (κ1) is 12.5. The van der Waals surface area contributed by atoms with Crippen LogP contribution in [-0.2, 0) is 4.79 Å². The van der Waals surface area contributed by atoms with E-state index in [0.29, 0.717) is 11.3 Å². The molecule has 0 heterocycles. The van der Waals surface area contributed by atoms with Gasteiger partial charge in [-0.1, -0.05) is 12.1 Å². The number of carbonyl (C=O) groups is 1. The van der Waals surface area contributed by atoms with Crippen LogP contribution in [0.3, 0.4) is 0 Å². The molecule has 0 saturated heterocycles. The summed E-state index contributed by atoms with van der Waals surface area (Å²) in [6.45, 7) is 0.142. The van der Waals surface area contributed by atoms with E-state index in [4.69, 9.17) is 14.9 Å². The second kappa shape index (κ2) is 6.09. The average molecular weight is 225 g/mol. The van der Waals surface area contributed by atoms with Crippen LogP contribution in [0.25, 0.3) is 0 Å². The molecular weight excluding hydrogens is 210 g/mol. The van der Waals surface area contributed by atoms with E-state index in [-0.39, 0.29) is 13.2 Å². The number of hydrogen-bond acceptors (Lipinski definition) is 4. The highest BCUT2D eigenvalue weighted by Crippen LogP contribution is 2.17. The summed E-state index contributed by atoms with van der Waals surface area (Å²) in [5.74, 6) is -0.298. The summed E-state index contributed by atoms with van der Waals surface area (Å²) >= 11 is 0. The van der Waals surface area contributed by atoms with E-state index in [2.05, 4.69) is 5.32 Å². The van der Waals surface area contributed by atoms with Crippen LogP contribution < -0.4 is 10.1 Å². The number of hydrogen-bond donors (Lipinski definition) is 3. The van der Waals surface area contributed by atoms with E-state index < -0.39 is 12.0 Å². The minimum absolute atomic E-state index is 0.0973. The molecule has 5 nitrogen and oxygen atoms in total. The molecular formula is C11H15NO4. The van der Waals surface area contributed by atoms with Gasteiger partial charge in [0.2, 0.25) is 0 Å². The number of benzene rings is 1. The van der Waals surface area contributed by atoms with E-state index in [9.17, 15) is 4.79 Å². The number of aliphatic hydroxyl groups is 1. The second-order valence-electron chi connectivity index (χ2n) is 3.22. The molecule has 0 amide bonds. The van der Waals surface area contributed by atoms with Gasteiger partial charge < -0.3 is 14.9 Å². The Morgan fingerprint density at radius 3 is 2.50 bits per heavy atom. The van der Waals surface area contributed by atoms with Crippen molar-refractivity contribution >= 4 is 5.97 Å². The van der Waals surface area contributed by atoms with E-state index in [1.165, 1.54) is 0 Å². The molecule has 1 aromatic rings. The average Bonchev–Trinajstić information content (AvgIpc) is 2.30. The Morgan fingerprint density at radius 2 is 2.06 bits per heavy atom. The van der Waals surface area contributed by atoms with Crippen molar-refractivity contribution in [3.8, 4) is 5.75 Å². The molecule has 1 aromatic carbocycles. The molecule has 0 aromatic heterocycles. The van der Waals surface area contributed by atoms with E-state index >= 15 is 0 Å². The molecule has 0 radical (unpaired) electrons. The fourth-order valence-corrected chi connectivity index (χ4v) is 1.35. The number of aliphatic carboxylic acids is 1. The number of rotatable bonds is 6. The minimum atomic E-state index is -0.974. The Morgan fingerprint density at radius 1 is 1.44 bits per heavy atom. The van der Waals surface area contributed by atoms with Crippen LogP contribution in [0.4, 0.5) is 0 Å². The monoisotopic (exact) mass is 225 g/mol. The molecule has 0 fully saturated rings. The largest absolute Gasteiger partial charge is 0.497 e. The third-order valence-electron chi connectivity index (χ3n) is 2.16. The van der Waals surface area contributed by atoms with Crippen molar-refractivity contribution in [1.29, 1.82) is 0 Å². The van der Waals surface area contributed by atoms with Gasteiger partial charge in [0.1, 0.15) is 11.8 Å². The number of aliphatic hydroxyl groups excluding tert-OH is 1. The summed E-state index contributed by atoms with van der Waals surface area (Å²) in [6.07, 6.45) is 0. The molecule has 16 heavy (non-hydrogen) atoms. The summed E-state index contributed by atoms with van der Waals surface area (Å²) in [5.41, 5.74) is 0.627. The smallest absolute Gasteiger partial charge is 0.325 e. The Hall–Kier alpha value is -1.59. The summed E-state index contributed by atoms with van der Waals surface area (Å²) in [5, 5.41) is 20.4. The van der Waals surface area contributed by atoms with Crippen LogP contribution in [-0.4, -0.2) is 36.4 Å². The normalized spacial score (nSPS) is 12.1. The lowest BCUT2D eigenvalue weighted by molar-refractivity contribution is -0.139. The minimum Gasteiger partial charge on any atom is -0.497 e. The molecule has 88 valence electrons. The summed E-state index contributed by atoms with van der Waals surface area (Å²) in [7, 11) is 1.55. The maximum Gasteiger partial charge on any atom is 0.325 e. The topological polar surface area (TPSA) is 78.8 Å². The molecule has 0 saturated carbocycles. The molecule has 0 aliphatic carbocycles. The molecule has 0 aliphatic heterocycles. The first-order valence-corrected chi connectivity index (χ1v) is 4.90. The third-order valence-corrected chi connectivity index (χ3v) is 2.16. The van der Waals surface area contributed by atoms with Crippen molar-refractivity contribution in [2.24, 2.45) is 0 Å². The lowest BCUT2D eigenvalue weighted by atomic mass is 10.1. The Bertz CT molecular complexity index is 336. The summed E-state index contributed by atoms with van der Waals surface area (Å²) in [4.78, 5) is 11.0. The zero-order valence-corrected chi connectivity index (χ0v) is 9.01. The summed E-state index contributed by atoms with van der Waals surface area (Å²) < 4.78 is 4.98. The van der Waals surface area contributed by atoms with Gasteiger partial charge in [-0.25, -0.2) is 0 Å². The zero-order valence-electron chi connectivity index (χ0n) is 9.01. The molecule has 3 N–H and O–H groups in total. The first-order valence-electron chi connectivity index (χ1n) is 4.90. The van der Waals surface area contributed by atoms with Gasteiger partial charge in [-0.3, -0.25) is 10.1 Å². The highest BCUT2D eigenvalue weighted by molar-refractivity contribution is 5.75. The Balaban J connectivity index is 2.79. The van der Waals surface area contributed by atoms with Crippen molar-refractivity contribution in [1.82, 2.24) is 5.32 Å². The lowest BCUT2D eigenvalue weighted by Crippen LogP contribution is -2.30. The number of ether oxygens (including phenoxy) is 1.